The molecule has 1 saturated heterocycles. The van der Waals surface area contributed by atoms with Crippen molar-refractivity contribution in [1.82, 2.24) is 20.3 Å². The number of hydrogen-bond acceptors (Lipinski definition) is 7. The van der Waals surface area contributed by atoms with Crippen LogP contribution in [0, 0.1) is 11.7 Å². The van der Waals surface area contributed by atoms with Crippen molar-refractivity contribution < 1.29 is 19.0 Å². The molecule has 0 radical (unpaired) electrons. The van der Waals surface area contributed by atoms with E-state index >= 15 is 0 Å². The van der Waals surface area contributed by atoms with Gasteiger partial charge in [-0.15, -0.1) is 0 Å². The van der Waals surface area contributed by atoms with Crippen LogP contribution in [-0.2, 0) is 10.4 Å². The van der Waals surface area contributed by atoms with E-state index in [-0.39, 0.29) is 24.1 Å². The third kappa shape index (κ3) is 3.96. The summed E-state index contributed by atoms with van der Waals surface area (Å²) in [5.74, 6) is 6.25. The van der Waals surface area contributed by atoms with Gasteiger partial charge in [0.25, 0.3) is 0 Å². The molecule has 32 heavy (non-hydrogen) atoms. The van der Waals surface area contributed by atoms with E-state index < -0.39 is 17.6 Å². The molecule has 1 aliphatic heterocycles. The average Bonchev–Trinajstić information content (AvgIpc) is 3.27. The molecule has 1 aliphatic rings. The minimum atomic E-state index is -1.22. The molecular formula is C23H26FN5O3. The van der Waals surface area contributed by atoms with E-state index in [9.17, 15) is 14.3 Å². The molecule has 0 spiro atoms. The van der Waals surface area contributed by atoms with Gasteiger partial charge in [-0.2, -0.15) is 0 Å². The van der Waals surface area contributed by atoms with Crippen LogP contribution < -0.4 is 11.2 Å². The van der Waals surface area contributed by atoms with E-state index in [2.05, 4.69) is 10.3 Å². The summed E-state index contributed by atoms with van der Waals surface area (Å²) in [7, 11) is 0. The minimum Gasteiger partial charge on any atom is -0.507 e. The highest BCUT2D eigenvalue weighted by Crippen LogP contribution is 2.38. The quantitative estimate of drug-likeness (QED) is 0.316. The number of ether oxygens (including phenoxy) is 1. The molecule has 0 saturated carbocycles. The molecule has 1 fully saturated rings. The van der Waals surface area contributed by atoms with Crippen LogP contribution in [0.3, 0.4) is 0 Å². The number of hydrogen-bond donors (Lipinski definition) is 3. The summed E-state index contributed by atoms with van der Waals surface area (Å²) in [4.78, 5) is 22.0. The van der Waals surface area contributed by atoms with Gasteiger partial charge in [0.15, 0.2) is 11.5 Å². The predicted molar refractivity (Wildman–Crippen MR) is 118 cm³/mol. The first-order valence-electron chi connectivity index (χ1n) is 10.5. The largest absolute Gasteiger partial charge is 0.507 e. The number of aromatic hydroxyl groups is 1. The summed E-state index contributed by atoms with van der Waals surface area (Å²) >= 11 is 0. The monoisotopic (exact) mass is 439 g/mol. The van der Waals surface area contributed by atoms with Gasteiger partial charge in [0.05, 0.1) is 23.4 Å². The molecule has 9 heteroatoms. The fourth-order valence-electron chi connectivity index (χ4n) is 3.91. The van der Waals surface area contributed by atoms with Crippen molar-refractivity contribution in [2.45, 2.75) is 32.4 Å². The molecule has 8 nitrogen and oxygen atoms in total. The van der Waals surface area contributed by atoms with Crippen molar-refractivity contribution in [3.05, 3.63) is 54.0 Å². The molecule has 4 rings (SSSR count). The number of nitrogens with two attached hydrogens (primary N) is 1. The number of phenolic OH excluding ortho intramolecular Hbond substituents is 1. The summed E-state index contributed by atoms with van der Waals surface area (Å²) in [6.07, 6.45) is 0.460. The number of hydrazine groups is 1. The van der Waals surface area contributed by atoms with E-state index in [1.54, 1.807) is 24.3 Å². The molecule has 2 heterocycles. The molecule has 0 aliphatic carbocycles. The minimum absolute atomic E-state index is 0.00860. The van der Waals surface area contributed by atoms with E-state index in [1.807, 2.05) is 13.8 Å². The van der Waals surface area contributed by atoms with Crippen LogP contribution in [0.25, 0.3) is 22.3 Å². The standard InChI is InChI=1S/C23H26FN5O3/c1-14(2)13-32-22(31)29(25)23(10-5-11-26-23)20-17-12-15(24)8-9-18(17)27-21(28-20)16-6-3-4-7-19(16)30/h3-4,6-9,12,14,26,30H,5,10-11,13,25H2,1-2H3/t23-/m1/s1. The Morgan fingerprint density at radius 3 is 2.78 bits per heavy atom. The zero-order valence-corrected chi connectivity index (χ0v) is 18.0. The second-order valence-corrected chi connectivity index (χ2v) is 8.31. The normalized spacial score (nSPS) is 18.3. The third-order valence-corrected chi connectivity index (χ3v) is 5.48. The molecule has 0 unspecified atom stereocenters. The van der Waals surface area contributed by atoms with Crippen LogP contribution in [0.15, 0.2) is 42.5 Å². The number of halogens is 1. The summed E-state index contributed by atoms with van der Waals surface area (Å²) in [6.45, 7) is 4.65. The molecule has 3 aromatic rings. The summed E-state index contributed by atoms with van der Waals surface area (Å²) < 4.78 is 19.6. The number of nitrogens with zero attached hydrogens (tertiary/aromatic N) is 3. The highest BCUT2D eigenvalue weighted by atomic mass is 19.1. The number of aromatic nitrogens is 2. The Bertz CT molecular complexity index is 1150. The summed E-state index contributed by atoms with van der Waals surface area (Å²) in [6, 6.07) is 10.9. The van der Waals surface area contributed by atoms with Gasteiger partial charge < -0.3 is 9.84 Å². The number of carbonyl (C=O) groups is 1. The van der Waals surface area contributed by atoms with Gasteiger partial charge in [0.2, 0.25) is 0 Å². The van der Waals surface area contributed by atoms with Crippen molar-refractivity contribution in [3.63, 3.8) is 0 Å². The lowest BCUT2D eigenvalue weighted by Gasteiger charge is -2.37. The maximum Gasteiger partial charge on any atom is 0.426 e. The number of rotatable bonds is 5. The van der Waals surface area contributed by atoms with Crippen LogP contribution in [0.4, 0.5) is 9.18 Å². The molecule has 168 valence electrons. The van der Waals surface area contributed by atoms with Crippen LogP contribution in [0.1, 0.15) is 32.4 Å². The van der Waals surface area contributed by atoms with E-state index in [1.165, 1.54) is 18.2 Å². The molecule has 2 aromatic carbocycles. The number of benzene rings is 2. The van der Waals surface area contributed by atoms with E-state index in [0.29, 0.717) is 35.1 Å². The molecule has 1 amide bonds. The van der Waals surface area contributed by atoms with Crippen molar-refractivity contribution in [1.29, 1.82) is 0 Å². The highest BCUT2D eigenvalue weighted by Gasteiger charge is 2.46. The lowest BCUT2D eigenvalue weighted by Crippen LogP contribution is -2.59. The van der Waals surface area contributed by atoms with Gasteiger partial charge in [0.1, 0.15) is 11.6 Å². The lowest BCUT2D eigenvalue weighted by atomic mass is 9.97. The second kappa shape index (κ2) is 8.68. The number of amides is 1. The molecule has 1 aromatic heterocycles. The number of nitrogens with one attached hydrogen (secondary N) is 1. The first-order valence-corrected chi connectivity index (χ1v) is 10.5. The zero-order chi connectivity index (χ0) is 22.9. The summed E-state index contributed by atoms with van der Waals surface area (Å²) in [5, 5.41) is 15.1. The lowest BCUT2D eigenvalue weighted by molar-refractivity contribution is 0.0313. The molecule has 0 bridgehead atoms. The molecular weight excluding hydrogens is 413 g/mol. The van der Waals surface area contributed by atoms with Crippen LogP contribution >= 0.6 is 0 Å². The van der Waals surface area contributed by atoms with Crippen LogP contribution in [-0.4, -0.2) is 39.3 Å². The Kier molecular flexibility index (Phi) is 5.94. The Morgan fingerprint density at radius 1 is 1.31 bits per heavy atom. The SMILES string of the molecule is CC(C)COC(=O)N(N)[C@@]1(c2nc(-c3ccccc3O)nc3ccc(F)cc23)CCCN1. The maximum atomic E-state index is 14.2. The predicted octanol–water partition coefficient (Wildman–Crippen LogP) is 3.65. The summed E-state index contributed by atoms with van der Waals surface area (Å²) in [5.41, 5.74) is 0.00913. The smallest absolute Gasteiger partial charge is 0.426 e. The first-order chi connectivity index (χ1) is 15.3. The van der Waals surface area contributed by atoms with Gasteiger partial charge in [-0.05, 0) is 55.6 Å². The average molecular weight is 439 g/mol. The number of carbonyl (C=O) groups excluding carboxylic acids is 1. The topological polar surface area (TPSA) is 114 Å². The van der Waals surface area contributed by atoms with Gasteiger partial charge in [-0.1, -0.05) is 26.0 Å². The Hall–Kier alpha value is -3.30. The Labute approximate surface area is 185 Å². The van der Waals surface area contributed by atoms with Crippen molar-refractivity contribution in [2.24, 2.45) is 11.8 Å². The van der Waals surface area contributed by atoms with Crippen LogP contribution in [0.2, 0.25) is 0 Å². The first kappa shape index (κ1) is 21.9. The van der Waals surface area contributed by atoms with Crippen molar-refractivity contribution in [3.8, 4) is 17.1 Å². The van der Waals surface area contributed by atoms with Gasteiger partial charge in [0, 0.05) is 5.39 Å². The number of phenols is 1. The Balaban J connectivity index is 1.91. The van der Waals surface area contributed by atoms with E-state index in [4.69, 9.17) is 15.6 Å². The highest BCUT2D eigenvalue weighted by molar-refractivity contribution is 5.85. The molecule has 1 atom stereocenters. The fraction of sp³-hybridized carbons (Fsp3) is 0.348. The number of para-hydroxylation sites is 1. The molecule has 4 N–H and O–H groups in total. The third-order valence-electron chi connectivity index (χ3n) is 5.48. The van der Waals surface area contributed by atoms with Gasteiger partial charge in [-0.25, -0.2) is 30.0 Å². The fourth-order valence-corrected chi connectivity index (χ4v) is 3.91. The Morgan fingerprint density at radius 2 is 2.09 bits per heavy atom. The van der Waals surface area contributed by atoms with Crippen molar-refractivity contribution >= 4 is 17.0 Å². The maximum absolute atomic E-state index is 14.2. The second-order valence-electron chi connectivity index (χ2n) is 8.31. The zero-order valence-electron chi connectivity index (χ0n) is 18.0. The number of fused-ring (bicyclic) bond motifs is 1. The van der Waals surface area contributed by atoms with Gasteiger partial charge in [-0.3, -0.25) is 5.32 Å². The van der Waals surface area contributed by atoms with Gasteiger partial charge >= 0.3 is 6.09 Å². The van der Waals surface area contributed by atoms with E-state index in [0.717, 1.165) is 11.4 Å². The van der Waals surface area contributed by atoms with Crippen LogP contribution in [0.5, 0.6) is 5.75 Å². The van der Waals surface area contributed by atoms with Crippen molar-refractivity contribution in [2.75, 3.05) is 13.2 Å².